The molecule has 2 N–H and O–H groups in total. The number of hydrogen-bond donors (Lipinski definition) is 1. The summed E-state index contributed by atoms with van der Waals surface area (Å²) < 4.78 is 12.8. The molecule has 0 saturated carbocycles. The number of rotatable bonds is 3. The van der Waals surface area contributed by atoms with Crippen molar-refractivity contribution >= 4 is 23.4 Å². The second kappa shape index (κ2) is 5.46. The number of oxime groups is 1. The van der Waals surface area contributed by atoms with Crippen LogP contribution in [0.25, 0.3) is 0 Å². The molecule has 0 aliphatic carbocycles. The molecule has 0 aliphatic rings. The van der Waals surface area contributed by atoms with Crippen LogP contribution in [-0.4, -0.2) is 17.2 Å². The summed E-state index contributed by atoms with van der Waals surface area (Å²) in [5.41, 5.74) is 5.80. The molecule has 1 aromatic carbocycles. The van der Waals surface area contributed by atoms with Crippen LogP contribution >= 0.6 is 11.6 Å². The number of nitrogens with zero attached hydrogens (tertiary/aromatic N) is 1. The van der Waals surface area contributed by atoms with Gasteiger partial charge in [0.25, 0.3) is 0 Å². The Morgan fingerprint density at radius 2 is 2.31 bits per heavy atom. The highest BCUT2D eigenvalue weighted by Crippen LogP contribution is 2.04. The van der Waals surface area contributed by atoms with Crippen LogP contribution in [0.3, 0.4) is 0 Å². The van der Waals surface area contributed by atoms with E-state index in [1.54, 1.807) is 6.07 Å². The van der Waals surface area contributed by atoms with Crippen LogP contribution in [0.5, 0.6) is 0 Å². The van der Waals surface area contributed by atoms with Gasteiger partial charge in [-0.05, 0) is 19.1 Å². The molecule has 4 nitrogen and oxygen atoms in total. The second-order valence-corrected chi connectivity index (χ2v) is 3.67. The van der Waals surface area contributed by atoms with Crippen LogP contribution in [0.15, 0.2) is 29.4 Å². The van der Waals surface area contributed by atoms with Gasteiger partial charge in [-0.25, -0.2) is 9.18 Å². The van der Waals surface area contributed by atoms with Gasteiger partial charge in [-0.15, -0.1) is 11.6 Å². The van der Waals surface area contributed by atoms with Gasteiger partial charge in [0.2, 0.25) is 0 Å². The van der Waals surface area contributed by atoms with Gasteiger partial charge in [0.05, 0.1) is 0 Å². The Morgan fingerprint density at radius 3 is 2.88 bits per heavy atom. The minimum atomic E-state index is -0.816. The molecule has 0 fully saturated rings. The Morgan fingerprint density at radius 1 is 1.62 bits per heavy atom. The van der Waals surface area contributed by atoms with Gasteiger partial charge < -0.3 is 10.6 Å². The van der Waals surface area contributed by atoms with Gasteiger partial charge >= 0.3 is 5.97 Å². The fourth-order valence-corrected chi connectivity index (χ4v) is 0.907. The fraction of sp³-hybridized carbons (Fsp3) is 0.200. The van der Waals surface area contributed by atoms with E-state index >= 15 is 0 Å². The normalized spacial score (nSPS) is 13.3. The first-order valence-corrected chi connectivity index (χ1v) is 4.88. The smallest absolute Gasteiger partial charge is 0.352 e. The van der Waals surface area contributed by atoms with Crippen molar-refractivity contribution in [1.82, 2.24) is 0 Å². The molecule has 86 valence electrons. The molecule has 16 heavy (non-hydrogen) atoms. The minimum Gasteiger partial charge on any atom is -0.380 e. The Hall–Kier alpha value is -1.62. The molecule has 0 radical (unpaired) electrons. The quantitative estimate of drug-likeness (QED) is 0.289. The van der Waals surface area contributed by atoms with Gasteiger partial charge in [-0.2, -0.15) is 0 Å². The van der Waals surface area contributed by atoms with E-state index in [1.807, 2.05) is 0 Å². The topological polar surface area (TPSA) is 64.7 Å². The number of amidine groups is 1. The molecule has 6 heteroatoms. The van der Waals surface area contributed by atoms with E-state index in [4.69, 9.17) is 17.3 Å². The van der Waals surface area contributed by atoms with Crippen LogP contribution in [0.2, 0.25) is 0 Å². The maximum Gasteiger partial charge on any atom is 0.352 e. The number of benzene rings is 1. The highest BCUT2D eigenvalue weighted by atomic mass is 35.5. The Labute approximate surface area is 96.8 Å². The molecule has 1 aromatic rings. The lowest BCUT2D eigenvalue weighted by atomic mass is 10.2. The molecule has 0 saturated heterocycles. The number of nitrogens with two attached hydrogens (primary N) is 1. The lowest BCUT2D eigenvalue weighted by molar-refractivity contribution is -0.142. The van der Waals surface area contributed by atoms with Gasteiger partial charge in [0.15, 0.2) is 5.84 Å². The van der Waals surface area contributed by atoms with Crippen LogP contribution < -0.4 is 5.73 Å². The predicted molar refractivity (Wildman–Crippen MR) is 58.5 cm³/mol. The minimum absolute atomic E-state index is 0.0924. The number of alkyl halides is 1. The summed E-state index contributed by atoms with van der Waals surface area (Å²) in [5.74, 6) is -1.26. The lowest BCUT2D eigenvalue weighted by Crippen LogP contribution is -2.18. The molecule has 0 amide bonds. The molecule has 0 heterocycles. The van der Waals surface area contributed by atoms with E-state index in [9.17, 15) is 9.18 Å². The third kappa shape index (κ3) is 3.51. The van der Waals surface area contributed by atoms with Crippen molar-refractivity contribution in [1.29, 1.82) is 0 Å². The van der Waals surface area contributed by atoms with Crippen molar-refractivity contribution in [2.75, 3.05) is 0 Å². The molecule has 0 aliphatic heterocycles. The van der Waals surface area contributed by atoms with Crippen LogP contribution in [0.1, 0.15) is 12.5 Å². The Balaban J connectivity index is 2.74. The SMILES string of the molecule is C[C@H](Cl)C(=O)O/N=C(/N)c1cccc(F)c1. The van der Waals surface area contributed by atoms with Gasteiger partial charge in [0, 0.05) is 5.56 Å². The summed E-state index contributed by atoms with van der Waals surface area (Å²) in [6.45, 7) is 1.44. The van der Waals surface area contributed by atoms with E-state index in [0.29, 0.717) is 5.56 Å². The maximum absolute atomic E-state index is 12.8. The first-order chi connectivity index (χ1) is 7.50. The van der Waals surface area contributed by atoms with Crippen molar-refractivity contribution in [2.24, 2.45) is 10.9 Å². The highest BCUT2D eigenvalue weighted by molar-refractivity contribution is 6.29. The zero-order chi connectivity index (χ0) is 12.1. The summed E-state index contributed by atoms with van der Waals surface area (Å²) in [5, 5.41) is 2.53. The van der Waals surface area contributed by atoms with Crippen LogP contribution in [0.4, 0.5) is 4.39 Å². The summed E-state index contributed by atoms with van der Waals surface area (Å²) in [6, 6.07) is 5.46. The molecule has 0 aromatic heterocycles. The number of hydrogen-bond acceptors (Lipinski definition) is 3. The van der Waals surface area contributed by atoms with E-state index in [1.165, 1.54) is 25.1 Å². The largest absolute Gasteiger partial charge is 0.380 e. The zero-order valence-electron chi connectivity index (χ0n) is 8.48. The summed E-state index contributed by atoms with van der Waals surface area (Å²) in [4.78, 5) is 15.4. The van der Waals surface area contributed by atoms with E-state index < -0.39 is 17.2 Å². The molecule has 0 spiro atoms. The molecule has 1 atom stereocenters. The molecule has 1 rings (SSSR count). The summed E-state index contributed by atoms with van der Waals surface area (Å²) in [7, 11) is 0. The van der Waals surface area contributed by atoms with Gasteiger partial charge in [0.1, 0.15) is 11.2 Å². The third-order valence-corrected chi connectivity index (χ3v) is 1.86. The second-order valence-electron chi connectivity index (χ2n) is 3.01. The monoisotopic (exact) mass is 244 g/mol. The lowest BCUT2D eigenvalue weighted by Gasteiger charge is -2.01. The van der Waals surface area contributed by atoms with Crippen molar-refractivity contribution in [2.45, 2.75) is 12.3 Å². The van der Waals surface area contributed by atoms with Crippen LogP contribution in [0, 0.1) is 5.82 Å². The zero-order valence-corrected chi connectivity index (χ0v) is 9.24. The molecule has 0 bridgehead atoms. The van der Waals surface area contributed by atoms with E-state index in [0.717, 1.165) is 0 Å². The fourth-order valence-electron chi connectivity index (χ4n) is 0.867. The predicted octanol–water partition coefficient (Wildman–Crippen LogP) is 1.62. The summed E-state index contributed by atoms with van der Waals surface area (Å²) >= 11 is 5.44. The average molecular weight is 245 g/mol. The van der Waals surface area contributed by atoms with Crippen molar-refractivity contribution in [3.63, 3.8) is 0 Å². The first kappa shape index (κ1) is 12.4. The Kier molecular flexibility index (Phi) is 4.25. The van der Waals surface area contributed by atoms with E-state index in [2.05, 4.69) is 9.99 Å². The summed E-state index contributed by atoms with van der Waals surface area (Å²) in [6.07, 6.45) is 0. The number of carbonyl (C=O) groups is 1. The van der Waals surface area contributed by atoms with Gasteiger partial charge in [-0.3, -0.25) is 0 Å². The standard InChI is InChI=1S/C10H10ClFN2O2/c1-6(11)10(15)16-14-9(13)7-3-2-4-8(12)5-7/h2-6H,1H3,(H2,13,14)/t6-/m0/s1. The van der Waals surface area contributed by atoms with Crippen LogP contribution in [-0.2, 0) is 9.63 Å². The number of halogens is 2. The maximum atomic E-state index is 12.8. The van der Waals surface area contributed by atoms with Gasteiger partial charge in [-0.1, -0.05) is 17.3 Å². The van der Waals surface area contributed by atoms with Crippen molar-refractivity contribution in [3.05, 3.63) is 35.6 Å². The van der Waals surface area contributed by atoms with Crippen molar-refractivity contribution < 1.29 is 14.0 Å². The van der Waals surface area contributed by atoms with E-state index in [-0.39, 0.29) is 5.84 Å². The Bertz CT molecular complexity index is 421. The third-order valence-electron chi connectivity index (χ3n) is 1.68. The molecule has 0 unspecified atom stereocenters. The molecular formula is C10H10ClFN2O2. The highest BCUT2D eigenvalue weighted by Gasteiger charge is 2.11. The average Bonchev–Trinajstić information content (AvgIpc) is 2.25. The van der Waals surface area contributed by atoms with Crippen molar-refractivity contribution in [3.8, 4) is 0 Å². The number of carbonyl (C=O) groups excluding carboxylic acids is 1. The molecular weight excluding hydrogens is 235 g/mol. The first-order valence-electron chi connectivity index (χ1n) is 4.45.